The van der Waals surface area contributed by atoms with Crippen LogP contribution in [0.1, 0.15) is 0 Å². The predicted molar refractivity (Wildman–Crippen MR) is 49.8 cm³/mol. The van der Waals surface area contributed by atoms with Gasteiger partial charge in [0, 0.05) is 38.6 Å². The highest BCUT2D eigenvalue weighted by atomic mass is 15.3. The molecule has 1 fully saturated rings. The van der Waals surface area contributed by atoms with Crippen LogP contribution in [-0.4, -0.2) is 61.0 Å². The van der Waals surface area contributed by atoms with Gasteiger partial charge in [0.15, 0.2) is 0 Å². The molecule has 3 heterocycles. The zero-order valence-corrected chi connectivity index (χ0v) is 7.90. The minimum atomic E-state index is 0.707. The molecular formula is C9H17N3. The van der Waals surface area contributed by atoms with Crippen molar-refractivity contribution in [2.45, 2.75) is 6.04 Å². The molecule has 12 heavy (non-hydrogen) atoms. The maximum atomic E-state index is 2.46. The van der Waals surface area contributed by atoms with Crippen molar-refractivity contribution in [3.05, 3.63) is 12.4 Å². The zero-order chi connectivity index (χ0) is 8.55. The SMILES string of the molecule is CN(C)CC1CN2C=CN1CC2. The molecule has 3 heteroatoms. The number of rotatable bonds is 2. The molecule has 0 aliphatic carbocycles. The molecule has 0 aromatic carbocycles. The highest BCUT2D eigenvalue weighted by molar-refractivity contribution is 5.00. The first-order valence-corrected chi connectivity index (χ1v) is 4.58. The molecule has 0 aromatic rings. The second-order valence-electron chi connectivity index (χ2n) is 3.95. The molecule has 1 saturated heterocycles. The Balaban J connectivity index is 1.97. The van der Waals surface area contributed by atoms with E-state index in [9.17, 15) is 0 Å². The lowest BCUT2D eigenvalue weighted by atomic mass is 10.1. The normalized spacial score (nSPS) is 27.4. The third-order valence-electron chi connectivity index (χ3n) is 2.60. The number of nitrogens with zero attached hydrogens (tertiary/aromatic N) is 3. The monoisotopic (exact) mass is 167 g/mol. The molecule has 0 spiro atoms. The van der Waals surface area contributed by atoms with E-state index in [1.165, 1.54) is 26.2 Å². The first kappa shape index (κ1) is 7.92. The van der Waals surface area contributed by atoms with E-state index in [1.807, 2.05) is 0 Å². The molecule has 3 nitrogen and oxygen atoms in total. The summed E-state index contributed by atoms with van der Waals surface area (Å²) in [6, 6.07) is 0.707. The average molecular weight is 167 g/mol. The molecule has 0 aromatic heterocycles. The smallest absolute Gasteiger partial charge is 0.0587 e. The van der Waals surface area contributed by atoms with E-state index >= 15 is 0 Å². The van der Waals surface area contributed by atoms with Crippen LogP contribution in [0.5, 0.6) is 0 Å². The molecule has 68 valence electrons. The summed E-state index contributed by atoms with van der Waals surface area (Å²) in [5.74, 6) is 0. The van der Waals surface area contributed by atoms with Gasteiger partial charge in [0.1, 0.15) is 0 Å². The van der Waals surface area contributed by atoms with Crippen molar-refractivity contribution in [2.75, 3.05) is 40.3 Å². The summed E-state index contributed by atoms with van der Waals surface area (Å²) < 4.78 is 0. The average Bonchev–Trinajstić information content (AvgIpc) is 2.05. The lowest BCUT2D eigenvalue weighted by Crippen LogP contribution is -2.55. The summed E-state index contributed by atoms with van der Waals surface area (Å²) >= 11 is 0. The number of likely N-dealkylation sites (N-methyl/N-ethyl adjacent to an activating group) is 1. The van der Waals surface area contributed by atoms with Gasteiger partial charge in [-0.15, -0.1) is 0 Å². The van der Waals surface area contributed by atoms with Crippen molar-refractivity contribution in [1.29, 1.82) is 0 Å². The van der Waals surface area contributed by atoms with Gasteiger partial charge < -0.3 is 14.7 Å². The maximum absolute atomic E-state index is 2.46. The minimum Gasteiger partial charge on any atom is -0.372 e. The Morgan fingerprint density at radius 2 is 2.17 bits per heavy atom. The van der Waals surface area contributed by atoms with E-state index in [-0.39, 0.29) is 0 Å². The van der Waals surface area contributed by atoms with Crippen LogP contribution in [-0.2, 0) is 0 Å². The topological polar surface area (TPSA) is 9.72 Å². The van der Waals surface area contributed by atoms with Crippen LogP contribution < -0.4 is 0 Å². The fourth-order valence-electron chi connectivity index (χ4n) is 1.99. The van der Waals surface area contributed by atoms with E-state index in [2.05, 4.69) is 41.2 Å². The van der Waals surface area contributed by atoms with Crippen molar-refractivity contribution in [2.24, 2.45) is 0 Å². The van der Waals surface area contributed by atoms with Crippen molar-refractivity contribution >= 4 is 0 Å². The second kappa shape index (κ2) is 2.98. The summed E-state index contributed by atoms with van der Waals surface area (Å²) in [7, 11) is 4.28. The molecule has 2 bridgehead atoms. The predicted octanol–water partition coefficient (Wildman–Crippen LogP) is 0.0190. The van der Waals surface area contributed by atoms with Crippen LogP contribution in [0, 0.1) is 0 Å². The van der Waals surface area contributed by atoms with Crippen LogP contribution in [0.15, 0.2) is 12.4 Å². The highest BCUT2D eigenvalue weighted by Gasteiger charge is 2.26. The molecule has 3 aliphatic heterocycles. The maximum Gasteiger partial charge on any atom is 0.0587 e. The number of piperazine rings is 1. The first-order valence-electron chi connectivity index (χ1n) is 4.58. The van der Waals surface area contributed by atoms with Crippen molar-refractivity contribution in [3.63, 3.8) is 0 Å². The molecule has 1 atom stereocenters. The van der Waals surface area contributed by atoms with Gasteiger partial charge in [0.2, 0.25) is 0 Å². The highest BCUT2D eigenvalue weighted by Crippen LogP contribution is 2.16. The lowest BCUT2D eigenvalue weighted by Gasteiger charge is -2.45. The third-order valence-corrected chi connectivity index (χ3v) is 2.60. The van der Waals surface area contributed by atoms with Gasteiger partial charge in [0.05, 0.1) is 6.04 Å². The van der Waals surface area contributed by atoms with Crippen molar-refractivity contribution in [3.8, 4) is 0 Å². The van der Waals surface area contributed by atoms with E-state index in [0.29, 0.717) is 6.04 Å². The zero-order valence-electron chi connectivity index (χ0n) is 7.90. The Morgan fingerprint density at radius 3 is 2.58 bits per heavy atom. The summed E-state index contributed by atoms with van der Waals surface area (Å²) in [6.45, 7) is 4.78. The van der Waals surface area contributed by atoms with Crippen molar-refractivity contribution in [1.82, 2.24) is 14.7 Å². The first-order chi connectivity index (χ1) is 5.75. The van der Waals surface area contributed by atoms with Gasteiger partial charge in [-0.1, -0.05) is 0 Å². The standard InChI is InChI=1S/C9H17N3/c1-10(2)7-9-8-11-3-5-12(9)6-4-11/h3,5,9H,4,6-8H2,1-2H3. The van der Waals surface area contributed by atoms with E-state index < -0.39 is 0 Å². The van der Waals surface area contributed by atoms with Gasteiger partial charge in [-0.2, -0.15) is 0 Å². The number of hydrogen-bond acceptors (Lipinski definition) is 3. The van der Waals surface area contributed by atoms with Gasteiger partial charge in [-0.05, 0) is 14.1 Å². The van der Waals surface area contributed by atoms with Crippen LogP contribution in [0.25, 0.3) is 0 Å². The van der Waals surface area contributed by atoms with Gasteiger partial charge in [0.25, 0.3) is 0 Å². The number of fused-ring (bicyclic) bond motifs is 2. The van der Waals surface area contributed by atoms with Gasteiger partial charge in [-0.3, -0.25) is 0 Å². The molecule has 0 radical (unpaired) electrons. The third kappa shape index (κ3) is 1.41. The molecule has 0 amide bonds. The Labute approximate surface area is 74.2 Å². The molecule has 0 saturated carbocycles. The largest absolute Gasteiger partial charge is 0.372 e. The lowest BCUT2D eigenvalue weighted by molar-refractivity contribution is 0.0986. The molecule has 3 rings (SSSR count). The summed E-state index contributed by atoms with van der Waals surface area (Å²) in [6.07, 6.45) is 4.43. The molecular weight excluding hydrogens is 150 g/mol. The Morgan fingerprint density at radius 1 is 1.33 bits per heavy atom. The second-order valence-corrected chi connectivity index (χ2v) is 3.95. The molecule has 1 unspecified atom stereocenters. The summed E-state index contributed by atoms with van der Waals surface area (Å²) in [4.78, 5) is 7.13. The minimum absolute atomic E-state index is 0.707. The Hall–Kier alpha value is -0.700. The van der Waals surface area contributed by atoms with E-state index in [4.69, 9.17) is 0 Å². The van der Waals surface area contributed by atoms with Crippen molar-refractivity contribution < 1.29 is 0 Å². The van der Waals surface area contributed by atoms with E-state index in [1.54, 1.807) is 0 Å². The Kier molecular flexibility index (Phi) is 1.97. The molecule has 3 aliphatic rings. The fraction of sp³-hybridized carbons (Fsp3) is 0.778. The van der Waals surface area contributed by atoms with Crippen LogP contribution >= 0.6 is 0 Å². The fourth-order valence-corrected chi connectivity index (χ4v) is 1.99. The summed E-state index contributed by atoms with van der Waals surface area (Å²) in [5.41, 5.74) is 0. The summed E-state index contributed by atoms with van der Waals surface area (Å²) in [5, 5.41) is 0. The van der Waals surface area contributed by atoms with Gasteiger partial charge in [-0.25, -0.2) is 0 Å². The molecule has 0 N–H and O–H groups in total. The van der Waals surface area contributed by atoms with Crippen LogP contribution in [0.3, 0.4) is 0 Å². The number of hydrogen-bond donors (Lipinski definition) is 0. The Bertz CT molecular complexity index is 188. The van der Waals surface area contributed by atoms with E-state index in [0.717, 1.165) is 0 Å². The van der Waals surface area contributed by atoms with Crippen LogP contribution in [0.2, 0.25) is 0 Å². The quantitative estimate of drug-likeness (QED) is 0.574. The van der Waals surface area contributed by atoms with Gasteiger partial charge >= 0.3 is 0 Å². The van der Waals surface area contributed by atoms with Crippen LogP contribution in [0.4, 0.5) is 0 Å².